The van der Waals surface area contributed by atoms with E-state index < -0.39 is 15.9 Å². The summed E-state index contributed by atoms with van der Waals surface area (Å²) in [6.45, 7) is 4.30. The van der Waals surface area contributed by atoms with Crippen LogP contribution in [0.3, 0.4) is 0 Å². The Morgan fingerprint density at radius 2 is 1.85 bits per heavy atom. The summed E-state index contributed by atoms with van der Waals surface area (Å²) in [6.07, 6.45) is 0. The van der Waals surface area contributed by atoms with Gasteiger partial charge in [-0.05, 0) is 63.4 Å². The maximum atomic E-state index is 12.3. The molecule has 0 saturated heterocycles. The van der Waals surface area contributed by atoms with Crippen LogP contribution in [0.1, 0.15) is 27.7 Å². The zero-order valence-electron chi connectivity index (χ0n) is 15.2. The van der Waals surface area contributed by atoms with Crippen LogP contribution in [0.25, 0.3) is 0 Å². The molecule has 9 heteroatoms. The van der Waals surface area contributed by atoms with Gasteiger partial charge in [-0.15, -0.1) is 0 Å². The minimum absolute atomic E-state index is 0.119. The Labute approximate surface area is 157 Å². The monoisotopic (exact) mass is 388 g/mol. The Morgan fingerprint density at radius 1 is 1.15 bits per heavy atom. The van der Waals surface area contributed by atoms with Crippen molar-refractivity contribution in [3.05, 3.63) is 65.4 Å². The zero-order chi connectivity index (χ0) is 19.6. The van der Waals surface area contributed by atoms with Crippen molar-refractivity contribution in [2.45, 2.75) is 25.3 Å². The number of furan rings is 1. The molecule has 0 unspecified atom stereocenters. The first-order valence-corrected chi connectivity index (χ1v) is 9.71. The minimum atomic E-state index is -3.51. The van der Waals surface area contributed by atoms with E-state index in [1.807, 2.05) is 19.9 Å². The SMILES string of the molecule is CNS(=O)(=O)c1ccc(NC(=O)c2ccc(Cn3nc(C)cc3C)o2)cc1. The molecule has 0 aliphatic rings. The van der Waals surface area contributed by atoms with Gasteiger partial charge in [0.1, 0.15) is 5.76 Å². The summed E-state index contributed by atoms with van der Waals surface area (Å²) in [5.74, 6) is 0.360. The number of carbonyl (C=O) groups is 1. The van der Waals surface area contributed by atoms with E-state index in [0.717, 1.165) is 11.4 Å². The number of hydrogen-bond acceptors (Lipinski definition) is 5. The van der Waals surface area contributed by atoms with Gasteiger partial charge in [-0.3, -0.25) is 9.48 Å². The lowest BCUT2D eigenvalue weighted by Gasteiger charge is -2.06. The zero-order valence-corrected chi connectivity index (χ0v) is 16.0. The van der Waals surface area contributed by atoms with Gasteiger partial charge < -0.3 is 9.73 Å². The average Bonchev–Trinajstić information content (AvgIpc) is 3.22. The number of sulfonamides is 1. The molecule has 0 radical (unpaired) electrons. The summed E-state index contributed by atoms with van der Waals surface area (Å²) >= 11 is 0. The number of aromatic nitrogens is 2. The van der Waals surface area contributed by atoms with Crippen molar-refractivity contribution in [3.63, 3.8) is 0 Å². The highest BCUT2D eigenvalue weighted by atomic mass is 32.2. The van der Waals surface area contributed by atoms with E-state index in [0.29, 0.717) is 18.0 Å². The number of aryl methyl sites for hydroxylation is 2. The lowest BCUT2D eigenvalue weighted by atomic mass is 10.3. The van der Waals surface area contributed by atoms with Crippen molar-refractivity contribution in [1.82, 2.24) is 14.5 Å². The maximum absolute atomic E-state index is 12.3. The van der Waals surface area contributed by atoms with Crippen LogP contribution in [0.4, 0.5) is 5.69 Å². The fourth-order valence-electron chi connectivity index (χ4n) is 2.60. The third kappa shape index (κ3) is 4.26. The largest absolute Gasteiger partial charge is 0.454 e. The van der Waals surface area contributed by atoms with E-state index in [9.17, 15) is 13.2 Å². The predicted octanol–water partition coefficient (Wildman–Crippen LogP) is 2.30. The van der Waals surface area contributed by atoms with Gasteiger partial charge in [-0.25, -0.2) is 13.1 Å². The predicted molar refractivity (Wildman–Crippen MR) is 100 cm³/mol. The Balaban J connectivity index is 1.68. The van der Waals surface area contributed by atoms with Gasteiger partial charge in [0.25, 0.3) is 5.91 Å². The maximum Gasteiger partial charge on any atom is 0.291 e. The van der Waals surface area contributed by atoms with Gasteiger partial charge in [-0.1, -0.05) is 0 Å². The van der Waals surface area contributed by atoms with E-state index in [4.69, 9.17) is 4.42 Å². The summed E-state index contributed by atoms with van der Waals surface area (Å²) in [7, 11) is -2.17. The lowest BCUT2D eigenvalue weighted by Crippen LogP contribution is -2.18. The molecule has 0 saturated carbocycles. The van der Waals surface area contributed by atoms with E-state index in [-0.39, 0.29) is 10.7 Å². The number of anilines is 1. The molecule has 27 heavy (non-hydrogen) atoms. The molecular formula is C18H20N4O4S. The number of rotatable bonds is 6. The van der Waals surface area contributed by atoms with Crippen molar-refractivity contribution in [3.8, 4) is 0 Å². The van der Waals surface area contributed by atoms with Gasteiger partial charge in [0.2, 0.25) is 10.0 Å². The number of nitrogens with zero attached hydrogens (tertiary/aromatic N) is 2. The smallest absolute Gasteiger partial charge is 0.291 e. The normalized spacial score (nSPS) is 11.5. The average molecular weight is 388 g/mol. The fourth-order valence-corrected chi connectivity index (χ4v) is 3.33. The number of nitrogens with one attached hydrogen (secondary N) is 2. The molecule has 2 heterocycles. The minimum Gasteiger partial charge on any atom is -0.454 e. The molecule has 0 aliphatic carbocycles. The van der Waals surface area contributed by atoms with Crippen LogP contribution < -0.4 is 10.0 Å². The van der Waals surface area contributed by atoms with E-state index in [2.05, 4.69) is 15.1 Å². The van der Waals surface area contributed by atoms with E-state index >= 15 is 0 Å². The second-order valence-electron chi connectivity index (χ2n) is 6.04. The molecule has 0 atom stereocenters. The molecule has 0 spiro atoms. The molecule has 0 aliphatic heterocycles. The van der Waals surface area contributed by atoms with Crippen LogP contribution >= 0.6 is 0 Å². The molecule has 2 N–H and O–H groups in total. The first kappa shape index (κ1) is 18.9. The second kappa shape index (κ2) is 7.37. The summed E-state index contributed by atoms with van der Waals surface area (Å²) in [5.41, 5.74) is 2.39. The second-order valence-corrected chi connectivity index (χ2v) is 7.92. The van der Waals surface area contributed by atoms with Crippen molar-refractivity contribution in [2.24, 2.45) is 0 Å². The van der Waals surface area contributed by atoms with Crippen LogP contribution in [0.5, 0.6) is 0 Å². The van der Waals surface area contributed by atoms with Gasteiger partial charge >= 0.3 is 0 Å². The molecule has 3 aromatic rings. The van der Waals surface area contributed by atoms with Crippen LogP contribution in [-0.2, 0) is 16.6 Å². The Hall–Kier alpha value is -2.91. The molecule has 0 fully saturated rings. The Bertz CT molecular complexity index is 1070. The quantitative estimate of drug-likeness (QED) is 0.674. The third-order valence-electron chi connectivity index (χ3n) is 3.99. The van der Waals surface area contributed by atoms with Crippen LogP contribution in [0.15, 0.2) is 51.8 Å². The van der Waals surface area contributed by atoms with E-state index in [1.54, 1.807) is 16.8 Å². The fraction of sp³-hybridized carbons (Fsp3) is 0.222. The Kier molecular flexibility index (Phi) is 5.15. The summed E-state index contributed by atoms with van der Waals surface area (Å²) in [6, 6.07) is 11.2. The first-order valence-electron chi connectivity index (χ1n) is 8.23. The summed E-state index contributed by atoms with van der Waals surface area (Å²) in [5, 5.41) is 7.04. The van der Waals surface area contributed by atoms with Crippen molar-refractivity contribution in [1.29, 1.82) is 0 Å². The van der Waals surface area contributed by atoms with Crippen molar-refractivity contribution < 1.29 is 17.6 Å². The van der Waals surface area contributed by atoms with Crippen molar-refractivity contribution in [2.75, 3.05) is 12.4 Å². The van der Waals surface area contributed by atoms with Crippen LogP contribution in [-0.4, -0.2) is 31.2 Å². The highest BCUT2D eigenvalue weighted by Gasteiger charge is 2.14. The first-order chi connectivity index (χ1) is 12.8. The molecule has 8 nitrogen and oxygen atoms in total. The third-order valence-corrected chi connectivity index (χ3v) is 5.42. The summed E-state index contributed by atoms with van der Waals surface area (Å²) in [4.78, 5) is 12.4. The molecule has 1 aromatic carbocycles. The van der Waals surface area contributed by atoms with Gasteiger partial charge in [0.05, 0.1) is 17.1 Å². The summed E-state index contributed by atoms with van der Waals surface area (Å²) < 4.78 is 33.1. The number of amides is 1. The Morgan fingerprint density at radius 3 is 2.44 bits per heavy atom. The molecule has 142 valence electrons. The lowest BCUT2D eigenvalue weighted by molar-refractivity contribution is 0.0994. The van der Waals surface area contributed by atoms with Crippen LogP contribution in [0.2, 0.25) is 0 Å². The molecular weight excluding hydrogens is 368 g/mol. The van der Waals surface area contributed by atoms with Gasteiger partial charge in [-0.2, -0.15) is 5.10 Å². The number of benzene rings is 1. The molecule has 3 rings (SSSR count). The number of carbonyl (C=O) groups excluding carboxylic acids is 1. The van der Waals surface area contributed by atoms with E-state index in [1.165, 1.54) is 31.3 Å². The van der Waals surface area contributed by atoms with Gasteiger partial charge in [0.15, 0.2) is 5.76 Å². The topological polar surface area (TPSA) is 106 Å². The van der Waals surface area contributed by atoms with Crippen LogP contribution in [0, 0.1) is 13.8 Å². The number of hydrogen-bond donors (Lipinski definition) is 2. The highest BCUT2D eigenvalue weighted by molar-refractivity contribution is 7.89. The molecule has 2 aromatic heterocycles. The molecule has 0 bridgehead atoms. The molecule has 1 amide bonds. The highest BCUT2D eigenvalue weighted by Crippen LogP contribution is 2.16. The van der Waals surface area contributed by atoms with Crippen molar-refractivity contribution >= 4 is 21.6 Å². The van der Waals surface area contributed by atoms with Gasteiger partial charge in [0, 0.05) is 11.4 Å². The standard InChI is InChI=1S/C18H20N4O4S/c1-12-10-13(2)22(21-12)11-15-6-9-17(26-15)18(23)20-14-4-7-16(8-5-14)27(24,25)19-3/h4-10,19H,11H2,1-3H3,(H,20,23).